The monoisotopic (exact) mass is 503 g/mol. The normalized spacial score (nSPS) is 11.3. The van der Waals surface area contributed by atoms with Crippen LogP contribution in [0.15, 0.2) is 77.4 Å². The van der Waals surface area contributed by atoms with Crippen LogP contribution in [0.5, 0.6) is 0 Å². The zero-order valence-electron chi connectivity index (χ0n) is 23.1. The van der Waals surface area contributed by atoms with E-state index in [4.69, 9.17) is 10.2 Å². The summed E-state index contributed by atoms with van der Waals surface area (Å²) in [5.74, 6) is 1.15. The summed E-state index contributed by atoms with van der Waals surface area (Å²) in [5, 5.41) is 3.87. The van der Waals surface area contributed by atoms with E-state index < -0.39 is 0 Å². The maximum Gasteiger partial charge on any atom is 0.244 e. The van der Waals surface area contributed by atoms with Crippen LogP contribution in [0.25, 0.3) is 34.6 Å². The number of nitrogens with one attached hydrogen (secondary N) is 2. The van der Waals surface area contributed by atoms with Gasteiger partial charge in [0, 0.05) is 16.6 Å². The summed E-state index contributed by atoms with van der Waals surface area (Å²) in [6.07, 6.45) is 4.36. The molecule has 0 aliphatic carbocycles. The number of carbonyl (C=O) groups is 1. The number of para-hydroxylation sites is 1. The number of fused-ring (bicyclic) bond motifs is 1. The van der Waals surface area contributed by atoms with Crippen molar-refractivity contribution in [3.05, 3.63) is 90.0 Å². The van der Waals surface area contributed by atoms with Crippen molar-refractivity contribution in [1.82, 2.24) is 20.2 Å². The van der Waals surface area contributed by atoms with Crippen LogP contribution in [0.4, 0.5) is 0 Å². The van der Waals surface area contributed by atoms with Gasteiger partial charge >= 0.3 is 0 Å². The van der Waals surface area contributed by atoms with E-state index in [0.717, 1.165) is 28.4 Å². The number of benzene rings is 2. The second-order valence-corrected chi connectivity index (χ2v) is 8.09. The van der Waals surface area contributed by atoms with Crippen LogP contribution in [0.2, 0.25) is 0 Å². The molecule has 0 amide bonds. The molecule has 2 aromatic carbocycles. The van der Waals surface area contributed by atoms with E-state index in [9.17, 15) is 4.79 Å². The average molecular weight is 504 g/mol. The van der Waals surface area contributed by atoms with E-state index in [0.29, 0.717) is 23.0 Å². The Hall–Kier alpha value is -3.94. The molecule has 7 nitrogen and oxygen atoms in total. The lowest BCUT2D eigenvalue weighted by atomic mass is 10.1. The molecule has 0 aliphatic heterocycles. The molecule has 0 saturated heterocycles. The van der Waals surface area contributed by atoms with Gasteiger partial charge in [-0.05, 0) is 65.0 Å². The standard InChI is InChI=1S/C16H15N3O.C10H13NO.C2H7N.C2H6/c1-3-15-13(8-10(2)17)19-16(20-15)14-9-11-6-4-5-7-12(11)18-14;1-11(2)10(8-12)9-6-4-3-5-7-9;1-3-2;1-2/h3-9,18H,1,17H2,2H3;3-8,10H,1-2H3;3H,1-2H3;1-2H3/b10-8+;;;. The highest BCUT2D eigenvalue weighted by molar-refractivity contribution is 5.84. The summed E-state index contributed by atoms with van der Waals surface area (Å²) in [7, 11) is 7.54. The first-order valence-corrected chi connectivity index (χ1v) is 12.2. The molecular formula is C30H41N5O2. The molecule has 0 fully saturated rings. The summed E-state index contributed by atoms with van der Waals surface area (Å²) in [5.41, 5.74) is 9.98. The average Bonchev–Trinajstić information content (AvgIpc) is 3.50. The molecular weight excluding hydrogens is 462 g/mol. The van der Waals surface area contributed by atoms with Crippen molar-refractivity contribution in [3.63, 3.8) is 0 Å². The van der Waals surface area contributed by atoms with Gasteiger partial charge in [-0.15, -0.1) is 0 Å². The molecule has 0 saturated carbocycles. The van der Waals surface area contributed by atoms with E-state index >= 15 is 0 Å². The molecule has 2 aromatic heterocycles. The lowest BCUT2D eigenvalue weighted by Gasteiger charge is -2.18. The lowest BCUT2D eigenvalue weighted by Crippen LogP contribution is -2.20. The molecule has 4 rings (SSSR count). The molecule has 1 atom stereocenters. The molecule has 2 heterocycles. The molecule has 0 radical (unpaired) electrons. The third-order valence-electron chi connectivity index (χ3n) is 4.82. The third kappa shape index (κ3) is 9.56. The maximum atomic E-state index is 10.7. The first-order chi connectivity index (χ1) is 17.8. The molecule has 4 aromatic rings. The van der Waals surface area contributed by atoms with Crippen molar-refractivity contribution in [2.75, 3.05) is 28.2 Å². The highest BCUT2D eigenvalue weighted by Crippen LogP contribution is 2.26. The molecule has 198 valence electrons. The lowest BCUT2D eigenvalue weighted by molar-refractivity contribution is -0.111. The van der Waals surface area contributed by atoms with E-state index in [1.54, 1.807) is 12.2 Å². The molecule has 7 heteroatoms. The predicted molar refractivity (Wildman–Crippen MR) is 157 cm³/mol. The van der Waals surface area contributed by atoms with Crippen molar-refractivity contribution in [1.29, 1.82) is 0 Å². The SMILES string of the molecule is C=Cc1oc(-c2cc3ccccc3[nH]2)nc1/C=C(\C)N.CC.CN(C)C(C=O)c1ccccc1.CNC. The second kappa shape index (κ2) is 16.7. The van der Waals surface area contributed by atoms with E-state index in [1.165, 1.54) is 0 Å². The molecule has 37 heavy (non-hydrogen) atoms. The molecule has 4 N–H and O–H groups in total. The van der Waals surface area contributed by atoms with Crippen molar-refractivity contribution in [3.8, 4) is 11.6 Å². The quantitative estimate of drug-likeness (QED) is 0.274. The Morgan fingerprint density at radius 2 is 1.70 bits per heavy atom. The molecule has 1 unspecified atom stereocenters. The topological polar surface area (TPSA) is 100 Å². The van der Waals surface area contributed by atoms with Gasteiger partial charge in [0.2, 0.25) is 5.89 Å². The molecule has 0 spiro atoms. The number of likely N-dealkylation sites (N-methyl/N-ethyl adjacent to an activating group) is 1. The second-order valence-electron chi connectivity index (χ2n) is 8.09. The summed E-state index contributed by atoms with van der Waals surface area (Å²) in [6.45, 7) is 9.54. The van der Waals surface area contributed by atoms with Crippen molar-refractivity contribution in [2.24, 2.45) is 5.73 Å². The number of nitrogens with two attached hydrogens (primary N) is 1. The van der Waals surface area contributed by atoms with Crippen LogP contribution in [0, 0.1) is 0 Å². The van der Waals surface area contributed by atoms with Gasteiger partial charge in [-0.25, -0.2) is 4.98 Å². The van der Waals surface area contributed by atoms with Crippen LogP contribution >= 0.6 is 0 Å². The minimum Gasteiger partial charge on any atom is -0.435 e. The van der Waals surface area contributed by atoms with Gasteiger partial charge in [0.1, 0.15) is 17.7 Å². The van der Waals surface area contributed by atoms with Crippen molar-refractivity contribution < 1.29 is 9.21 Å². The number of rotatable bonds is 6. The first kappa shape index (κ1) is 31.1. The summed E-state index contributed by atoms with van der Waals surface area (Å²) in [4.78, 5) is 20.3. The minimum absolute atomic E-state index is 0.119. The van der Waals surface area contributed by atoms with Crippen LogP contribution in [-0.4, -0.2) is 49.3 Å². The number of aromatic nitrogens is 2. The van der Waals surface area contributed by atoms with Gasteiger partial charge in [0.25, 0.3) is 0 Å². The Balaban J connectivity index is 0.000000344. The fourth-order valence-corrected chi connectivity index (χ4v) is 3.26. The Morgan fingerprint density at radius 3 is 2.22 bits per heavy atom. The van der Waals surface area contributed by atoms with Gasteiger partial charge < -0.3 is 25.2 Å². The fraction of sp³-hybridized carbons (Fsp3) is 0.267. The van der Waals surface area contributed by atoms with Crippen LogP contribution in [-0.2, 0) is 4.79 Å². The number of hydrogen-bond donors (Lipinski definition) is 3. The van der Waals surface area contributed by atoms with Gasteiger partial charge in [0.05, 0.1) is 6.04 Å². The van der Waals surface area contributed by atoms with Crippen LogP contribution < -0.4 is 11.1 Å². The van der Waals surface area contributed by atoms with Gasteiger partial charge in [-0.2, -0.15) is 0 Å². The number of aromatic amines is 1. The Bertz CT molecular complexity index is 1200. The Kier molecular flexibility index (Phi) is 14.0. The fourth-order valence-electron chi connectivity index (χ4n) is 3.26. The van der Waals surface area contributed by atoms with E-state index in [2.05, 4.69) is 21.9 Å². The highest BCUT2D eigenvalue weighted by Gasteiger charge is 2.13. The molecule has 0 aliphatic rings. The number of aldehydes is 1. The maximum absolute atomic E-state index is 10.7. The molecule has 0 bridgehead atoms. The van der Waals surface area contributed by atoms with Crippen LogP contribution in [0.1, 0.15) is 43.8 Å². The van der Waals surface area contributed by atoms with Gasteiger partial charge in [-0.1, -0.05) is 69.0 Å². The first-order valence-electron chi connectivity index (χ1n) is 12.2. The van der Waals surface area contributed by atoms with Crippen molar-refractivity contribution >= 4 is 29.3 Å². The summed E-state index contributed by atoms with van der Waals surface area (Å²) < 4.78 is 5.72. The minimum atomic E-state index is -0.119. The predicted octanol–water partition coefficient (Wildman–Crippen LogP) is 6.14. The highest BCUT2D eigenvalue weighted by atomic mass is 16.4. The van der Waals surface area contributed by atoms with Crippen LogP contribution in [0.3, 0.4) is 0 Å². The summed E-state index contributed by atoms with van der Waals surface area (Å²) in [6, 6.07) is 19.7. The smallest absolute Gasteiger partial charge is 0.244 e. The number of hydrogen-bond acceptors (Lipinski definition) is 6. The third-order valence-corrected chi connectivity index (χ3v) is 4.82. The number of allylic oxidation sites excluding steroid dienone is 1. The number of H-pyrrole nitrogens is 1. The number of nitrogens with zero attached hydrogens (tertiary/aromatic N) is 2. The zero-order chi connectivity index (χ0) is 27.8. The Morgan fingerprint density at radius 1 is 1.11 bits per heavy atom. The Labute approximate surface area is 221 Å². The van der Waals surface area contributed by atoms with Gasteiger partial charge in [0.15, 0.2) is 5.76 Å². The zero-order valence-corrected chi connectivity index (χ0v) is 23.1. The number of carbonyl (C=O) groups excluding carboxylic acids is 1. The summed E-state index contributed by atoms with van der Waals surface area (Å²) >= 11 is 0. The van der Waals surface area contributed by atoms with Crippen molar-refractivity contribution in [2.45, 2.75) is 26.8 Å². The van der Waals surface area contributed by atoms with Gasteiger partial charge in [-0.3, -0.25) is 4.90 Å². The van der Waals surface area contributed by atoms with E-state index in [1.807, 2.05) is 115 Å². The van der Waals surface area contributed by atoms with E-state index in [-0.39, 0.29) is 6.04 Å². The largest absolute Gasteiger partial charge is 0.435 e. The number of oxazole rings is 1.